The molecule has 1 atom stereocenters. The second-order valence-electron chi connectivity index (χ2n) is 6.94. The summed E-state index contributed by atoms with van der Waals surface area (Å²) >= 11 is 0. The van der Waals surface area contributed by atoms with Crippen LogP contribution < -0.4 is 0 Å². The largest absolute Gasteiger partial charge is 0.384 e. The van der Waals surface area contributed by atoms with E-state index in [1.807, 2.05) is 48.8 Å². The number of likely N-dealkylation sites (tertiary alicyclic amines) is 1. The number of nitrogens with zero attached hydrogens (tertiary/aromatic N) is 4. The van der Waals surface area contributed by atoms with E-state index in [1.54, 1.807) is 6.20 Å². The van der Waals surface area contributed by atoms with E-state index in [-0.39, 0.29) is 0 Å². The minimum Gasteiger partial charge on any atom is -0.384 e. The van der Waals surface area contributed by atoms with E-state index in [0.29, 0.717) is 12.4 Å². The highest BCUT2D eigenvalue weighted by molar-refractivity contribution is 5.47. The van der Waals surface area contributed by atoms with Gasteiger partial charge >= 0.3 is 0 Å². The Hall–Kier alpha value is -2.63. The van der Waals surface area contributed by atoms with Crippen LogP contribution in [0.1, 0.15) is 23.1 Å². The van der Waals surface area contributed by atoms with Crippen molar-refractivity contribution < 1.29 is 5.11 Å². The summed E-state index contributed by atoms with van der Waals surface area (Å²) in [4.78, 5) is 15.4. The Bertz CT molecular complexity index is 882. The Labute approximate surface area is 153 Å². The van der Waals surface area contributed by atoms with Crippen LogP contribution in [0.5, 0.6) is 0 Å². The molecule has 1 saturated heterocycles. The highest BCUT2D eigenvalue weighted by Crippen LogP contribution is 2.34. The SMILES string of the molecule is Cc1ccccc1C1(O)CCN(Cc2cnc(-c3ccccn3)nc2)C1. The fraction of sp³-hybridized carbons (Fsp3) is 0.286. The maximum Gasteiger partial charge on any atom is 0.178 e. The highest BCUT2D eigenvalue weighted by atomic mass is 16.3. The fourth-order valence-electron chi connectivity index (χ4n) is 3.64. The Morgan fingerprint density at radius 1 is 1.04 bits per heavy atom. The van der Waals surface area contributed by atoms with Gasteiger partial charge in [-0.3, -0.25) is 9.88 Å². The molecule has 0 amide bonds. The number of aromatic nitrogens is 3. The molecule has 1 unspecified atom stereocenters. The standard InChI is InChI=1S/C21H22N4O/c1-16-6-2-3-7-18(16)21(26)9-11-25(15-21)14-17-12-23-20(24-13-17)19-8-4-5-10-22-19/h2-8,10,12-13,26H,9,11,14-15H2,1H3. The predicted molar refractivity (Wildman–Crippen MR) is 100 cm³/mol. The molecule has 4 rings (SSSR count). The lowest BCUT2D eigenvalue weighted by molar-refractivity contribution is 0.0446. The lowest BCUT2D eigenvalue weighted by Gasteiger charge is -2.25. The zero-order valence-corrected chi connectivity index (χ0v) is 14.8. The average molecular weight is 346 g/mol. The van der Waals surface area contributed by atoms with Gasteiger partial charge in [0, 0.05) is 43.8 Å². The number of β-amino-alcohol motifs (C(OH)–C–C–N with tert-alkyl or cyclic N) is 1. The van der Waals surface area contributed by atoms with Crippen molar-refractivity contribution in [1.82, 2.24) is 19.9 Å². The Morgan fingerprint density at radius 2 is 1.81 bits per heavy atom. The van der Waals surface area contributed by atoms with E-state index < -0.39 is 5.60 Å². The predicted octanol–water partition coefficient (Wildman–Crippen LogP) is 2.94. The molecule has 0 radical (unpaired) electrons. The first-order valence-electron chi connectivity index (χ1n) is 8.87. The quantitative estimate of drug-likeness (QED) is 0.787. The van der Waals surface area contributed by atoms with Gasteiger partial charge in [-0.15, -0.1) is 0 Å². The molecule has 132 valence electrons. The smallest absolute Gasteiger partial charge is 0.178 e. The lowest BCUT2D eigenvalue weighted by atomic mass is 9.89. The van der Waals surface area contributed by atoms with Crippen LogP contribution in [0.4, 0.5) is 0 Å². The van der Waals surface area contributed by atoms with Gasteiger partial charge in [-0.2, -0.15) is 0 Å². The zero-order chi connectivity index (χ0) is 18.0. The van der Waals surface area contributed by atoms with Crippen LogP contribution in [-0.4, -0.2) is 38.0 Å². The van der Waals surface area contributed by atoms with Crippen LogP contribution >= 0.6 is 0 Å². The van der Waals surface area contributed by atoms with Crippen LogP contribution in [0.15, 0.2) is 61.1 Å². The number of aliphatic hydroxyl groups is 1. The van der Waals surface area contributed by atoms with Crippen molar-refractivity contribution in [3.63, 3.8) is 0 Å². The number of hydrogen-bond acceptors (Lipinski definition) is 5. The first kappa shape index (κ1) is 16.8. The first-order chi connectivity index (χ1) is 12.6. The van der Waals surface area contributed by atoms with Crippen molar-refractivity contribution >= 4 is 0 Å². The molecule has 2 aromatic heterocycles. The monoisotopic (exact) mass is 346 g/mol. The average Bonchev–Trinajstić information content (AvgIpc) is 3.05. The van der Waals surface area contributed by atoms with Crippen molar-refractivity contribution in [2.45, 2.75) is 25.5 Å². The van der Waals surface area contributed by atoms with E-state index in [2.05, 4.69) is 32.8 Å². The molecule has 0 saturated carbocycles. The molecule has 3 heterocycles. The summed E-state index contributed by atoms with van der Waals surface area (Å²) in [6, 6.07) is 13.8. The minimum absolute atomic E-state index is 0.625. The van der Waals surface area contributed by atoms with Crippen LogP contribution in [-0.2, 0) is 12.1 Å². The van der Waals surface area contributed by atoms with Gasteiger partial charge in [0.25, 0.3) is 0 Å². The third-order valence-electron chi connectivity index (χ3n) is 4.98. The molecule has 1 aromatic carbocycles. The van der Waals surface area contributed by atoms with Gasteiger partial charge in [-0.1, -0.05) is 30.3 Å². The summed E-state index contributed by atoms with van der Waals surface area (Å²) in [7, 11) is 0. The summed E-state index contributed by atoms with van der Waals surface area (Å²) in [5.41, 5.74) is 3.21. The highest BCUT2D eigenvalue weighted by Gasteiger charge is 2.38. The van der Waals surface area contributed by atoms with Crippen molar-refractivity contribution in [3.8, 4) is 11.5 Å². The Kier molecular flexibility index (Phi) is 4.49. The first-order valence-corrected chi connectivity index (χ1v) is 8.87. The topological polar surface area (TPSA) is 62.1 Å². The number of aryl methyl sites for hydroxylation is 1. The maximum atomic E-state index is 11.1. The maximum absolute atomic E-state index is 11.1. The molecule has 3 aromatic rings. The van der Waals surface area contributed by atoms with Gasteiger partial charge in [0.2, 0.25) is 0 Å². The third kappa shape index (κ3) is 3.36. The van der Waals surface area contributed by atoms with Gasteiger partial charge in [0.15, 0.2) is 5.82 Å². The van der Waals surface area contributed by atoms with Gasteiger partial charge in [0.1, 0.15) is 11.3 Å². The lowest BCUT2D eigenvalue weighted by Crippen LogP contribution is -2.31. The normalized spacial score (nSPS) is 20.4. The van der Waals surface area contributed by atoms with Crippen molar-refractivity contribution in [2.75, 3.05) is 13.1 Å². The molecule has 5 nitrogen and oxygen atoms in total. The Balaban J connectivity index is 1.45. The molecular formula is C21H22N4O. The van der Waals surface area contributed by atoms with Gasteiger partial charge < -0.3 is 5.11 Å². The summed E-state index contributed by atoms with van der Waals surface area (Å²) in [6.07, 6.45) is 6.18. The van der Waals surface area contributed by atoms with Crippen molar-refractivity contribution in [1.29, 1.82) is 0 Å². The van der Waals surface area contributed by atoms with Gasteiger partial charge in [0.05, 0.1) is 0 Å². The molecule has 0 bridgehead atoms. The molecule has 0 aliphatic carbocycles. The number of pyridine rings is 1. The summed E-state index contributed by atoms with van der Waals surface area (Å²) in [5, 5.41) is 11.1. The molecule has 26 heavy (non-hydrogen) atoms. The van der Waals surface area contributed by atoms with Crippen molar-refractivity contribution in [2.24, 2.45) is 0 Å². The Morgan fingerprint density at radius 3 is 2.54 bits per heavy atom. The molecular weight excluding hydrogens is 324 g/mol. The zero-order valence-electron chi connectivity index (χ0n) is 14.8. The van der Waals surface area contributed by atoms with Crippen LogP contribution in [0.2, 0.25) is 0 Å². The van der Waals surface area contributed by atoms with Crippen molar-refractivity contribution in [3.05, 3.63) is 77.7 Å². The number of hydrogen-bond donors (Lipinski definition) is 1. The van der Waals surface area contributed by atoms with E-state index >= 15 is 0 Å². The molecule has 5 heteroatoms. The van der Waals surface area contributed by atoms with Gasteiger partial charge in [-0.25, -0.2) is 9.97 Å². The number of benzene rings is 1. The van der Waals surface area contributed by atoms with E-state index in [0.717, 1.165) is 41.9 Å². The molecule has 1 N–H and O–H groups in total. The van der Waals surface area contributed by atoms with Gasteiger partial charge in [-0.05, 0) is 36.6 Å². The molecule has 1 fully saturated rings. The molecule has 0 spiro atoms. The van der Waals surface area contributed by atoms with E-state index in [1.165, 1.54) is 0 Å². The summed E-state index contributed by atoms with van der Waals surface area (Å²) < 4.78 is 0. The number of rotatable bonds is 4. The van der Waals surface area contributed by atoms with Crippen LogP contribution in [0.25, 0.3) is 11.5 Å². The van der Waals surface area contributed by atoms with E-state index in [4.69, 9.17) is 0 Å². The third-order valence-corrected chi connectivity index (χ3v) is 4.98. The summed E-state index contributed by atoms with van der Waals surface area (Å²) in [6.45, 7) is 4.27. The summed E-state index contributed by atoms with van der Waals surface area (Å²) in [5.74, 6) is 0.632. The second-order valence-corrected chi connectivity index (χ2v) is 6.94. The second kappa shape index (κ2) is 6.94. The minimum atomic E-state index is -0.778. The van der Waals surface area contributed by atoms with Crippen LogP contribution in [0.3, 0.4) is 0 Å². The fourth-order valence-corrected chi connectivity index (χ4v) is 3.64. The van der Waals surface area contributed by atoms with Crippen LogP contribution in [0, 0.1) is 6.92 Å². The molecule has 1 aliphatic heterocycles. The van der Waals surface area contributed by atoms with E-state index in [9.17, 15) is 5.11 Å². The molecule has 1 aliphatic rings.